The third-order valence-electron chi connectivity index (χ3n) is 1.64. The Bertz CT molecular complexity index is 288. The SMILES string of the molecule is C=CCOCCNc1cccc(F)c1. The van der Waals surface area contributed by atoms with Gasteiger partial charge in [-0.1, -0.05) is 12.1 Å². The monoisotopic (exact) mass is 195 g/mol. The lowest BCUT2D eigenvalue weighted by Crippen LogP contribution is -2.09. The van der Waals surface area contributed by atoms with Crippen LogP contribution in [0.25, 0.3) is 0 Å². The van der Waals surface area contributed by atoms with Crippen molar-refractivity contribution in [1.29, 1.82) is 0 Å². The second kappa shape index (κ2) is 6.16. The molecule has 0 radical (unpaired) electrons. The average Bonchev–Trinajstić information content (AvgIpc) is 2.18. The van der Waals surface area contributed by atoms with Crippen LogP contribution in [-0.4, -0.2) is 19.8 Å². The minimum Gasteiger partial charge on any atom is -0.383 e. The fraction of sp³-hybridized carbons (Fsp3) is 0.273. The summed E-state index contributed by atoms with van der Waals surface area (Å²) in [6.07, 6.45) is 1.70. The lowest BCUT2D eigenvalue weighted by molar-refractivity contribution is 0.173. The van der Waals surface area contributed by atoms with Crippen LogP contribution in [0.4, 0.5) is 10.1 Å². The van der Waals surface area contributed by atoms with Gasteiger partial charge in [-0.05, 0) is 18.2 Å². The molecule has 0 saturated carbocycles. The largest absolute Gasteiger partial charge is 0.383 e. The molecule has 0 spiro atoms. The minimum atomic E-state index is -0.234. The summed E-state index contributed by atoms with van der Waals surface area (Å²) in [7, 11) is 0. The molecule has 0 aliphatic carbocycles. The minimum absolute atomic E-state index is 0.234. The van der Waals surface area contributed by atoms with Crippen molar-refractivity contribution in [3.05, 3.63) is 42.7 Å². The predicted octanol–water partition coefficient (Wildman–Crippen LogP) is 2.44. The first-order valence-corrected chi connectivity index (χ1v) is 4.51. The summed E-state index contributed by atoms with van der Waals surface area (Å²) in [6, 6.07) is 6.35. The standard InChI is InChI=1S/C11H14FNO/c1-2-7-14-8-6-13-11-5-3-4-10(12)9-11/h2-5,9,13H,1,6-8H2. The lowest BCUT2D eigenvalue weighted by Gasteiger charge is -2.05. The van der Waals surface area contributed by atoms with Gasteiger partial charge in [0.2, 0.25) is 0 Å². The summed E-state index contributed by atoms with van der Waals surface area (Å²) in [6.45, 7) is 5.33. The highest BCUT2D eigenvalue weighted by Gasteiger charge is 1.93. The van der Waals surface area contributed by atoms with Gasteiger partial charge in [0.25, 0.3) is 0 Å². The van der Waals surface area contributed by atoms with Crippen LogP contribution in [0.15, 0.2) is 36.9 Å². The van der Waals surface area contributed by atoms with Gasteiger partial charge >= 0.3 is 0 Å². The summed E-state index contributed by atoms with van der Waals surface area (Å²) in [5, 5.41) is 3.05. The summed E-state index contributed by atoms with van der Waals surface area (Å²) in [4.78, 5) is 0. The van der Waals surface area contributed by atoms with Crippen LogP contribution in [0.1, 0.15) is 0 Å². The van der Waals surface area contributed by atoms with E-state index in [1.807, 2.05) is 6.07 Å². The van der Waals surface area contributed by atoms with Crippen molar-refractivity contribution < 1.29 is 9.13 Å². The van der Waals surface area contributed by atoms with Crippen molar-refractivity contribution in [2.45, 2.75) is 0 Å². The summed E-state index contributed by atoms with van der Waals surface area (Å²) in [5.41, 5.74) is 0.771. The zero-order valence-corrected chi connectivity index (χ0v) is 8.00. The number of ether oxygens (including phenoxy) is 1. The summed E-state index contributed by atoms with van der Waals surface area (Å²) >= 11 is 0. The van der Waals surface area contributed by atoms with Crippen molar-refractivity contribution in [2.24, 2.45) is 0 Å². The maximum absolute atomic E-state index is 12.7. The quantitative estimate of drug-likeness (QED) is 0.556. The fourth-order valence-corrected chi connectivity index (χ4v) is 1.03. The Morgan fingerprint density at radius 3 is 3.07 bits per heavy atom. The highest BCUT2D eigenvalue weighted by Crippen LogP contribution is 2.07. The van der Waals surface area contributed by atoms with E-state index in [0.717, 1.165) is 5.69 Å². The van der Waals surface area contributed by atoms with Gasteiger partial charge in [-0.3, -0.25) is 0 Å². The van der Waals surface area contributed by atoms with Gasteiger partial charge in [-0.15, -0.1) is 6.58 Å². The predicted molar refractivity (Wildman–Crippen MR) is 55.9 cm³/mol. The molecule has 1 N–H and O–H groups in total. The van der Waals surface area contributed by atoms with Crippen LogP contribution >= 0.6 is 0 Å². The molecule has 1 rings (SSSR count). The number of hydrogen-bond donors (Lipinski definition) is 1. The van der Waals surface area contributed by atoms with E-state index in [2.05, 4.69) is 11.9 Å². The third-order valence-corrected chi connectivity index (χ3v) is 1.64. The number of nitrogens with one attached hydrogen (secondary N) is 1. The molecular weight excluding hydrogens is 181 g/mol. The zero-order chi connectivity index (χ0) is 10.2. The maximum atomic E-state index is 12.7. The zero-order valence-electron chi connectivity index (χ0n) is 8.00. The van der Waals surface area contributed by atoms with Gasteiger partial charge < -0.3 is 10.1 Å². The van der Waals surface area contributed by atoms with Gasteiger partial charge in [0.1, 0.15) is 5.82 Å². The van der Waals surface area contributed by atoms with Gasteiger partial charge in [0.05, 0.1) is 13.2 Å². The second-order valence-corrected chi connectivity index (χ2v) is 2.80. The molecule has 2 nitrogen and oxygen atoms in total. The van der Waals surface area contributed by atoms with Crippen LogP contribution in [-0.2, 0) is 4.74 Å². The number of anilines is 1. The molecule has 0 bridgehead atoms. The van der Waals surface area contributed by atoms with E-state index in [1.54, 1.807) is 12.1 Å². The molecule has 0 heterocycles. The summed E-state index contributed by atoms with van der Waals surface area (Å²) < 4.78 is 17.9. The van der Waals surface area contributed by atoms with E-state index in [1.165, 1.54) is 12.1 Å². The average molecular weight is 195 g/mol. The summed E-state index contributed by atoms with van der Waals surface area (Å²) in [5.74, 6) is -0.234. The first kappa shape index (κ1) is 10.7. The Balaban J connectivity index is 2.21. The van der Waals surface area contributed by atoms with E-state index in [0.29, 0.717) is 19.8 Å². The maximum Gasteiger partial charge on any atom is 0.125 e. The van der Waals surface area contributed by atoms with Gasteiger partial charge in [0.15, 0.2) is 0 Å². The molecule has 0 unspecified atom stereocenters. The van der Waals surface area contributed by atoms with Gasteiger partial charge in [-0.2, -0.15) is 0 Å². The van der Waals surface area contributed by atoms with E-state index < -0.39 is 0 Å². The molecule has 0 fully saturated rings. The van der Waals surface area contributed by atoms with Crippen LogP contribution in [0.5, 0.6) is 0 Å². The Labute approximate surface area is 83.4 Å². The number of benzene rings is 1. The fourth-order valence-electron chi connectivity index (χ4n) is 1.03. The molecule has 0 amide bonds. The Hall–Kier alpha value is -1.35. The highest BCUT2D eigenvalue weighted by molar-refractivity contribution is 5.42. The van der Waals surface area contributed by atoms with E-state index in [4.69, 9.17) is 4.74 Å². The molecule has 1 aromatic carbocycles. The van der Waals surface area contributed by atoms with Crippen LogP contribution in [0, 0.1) is 5.82 Å². The molecule has 0 aromatic heterocycles. The highest BCUT2D eigenvalue weighted by atomic mass is 19.1. The number of hydrogen-bond acceptors (Lipinski definition) is 2. The molecule has 3 heteroatoms. The molecule has 14 heavy (non-hydrogen) atoms. The molecule has 76 valence electrons. The normalized spacial score (nSPS) is 9.79. The van der Waals surface area contributed by atoms with Crippen molar-refractivity contribution in [3.8, 4) is 0 Å². The molecule has 0 saturated heterocycles. The number of halogens is 1. The Morgan fingerprint density at radius 2 is 2.36 bits per heavy atom. The smallest absolute Gasteiger partial charge is 0.125 e. The van der Waals surface area contributed by atoms with E-state index in [-0.39, 0.29) is 5.82 Å². The van der Waals surface area contributed by atoms with Crippen molar-refractivity contribution >= 4 is 5.69 Å². The topological polar surface area (TPSA) is 21.3 Å². The lowest BCUT2D eigenvalue weighted by atomic mass is 10.3. The van der Waals surface area contributed by atoms with E-state index >= 15 is 0 Å². The molecule has 0 aliphatic heterocycles. The molecule has 0 atom stereocenters. The first-order chi connectivity index (χ1) is 6.83. The van der Waals surface area contributed by atoms with E-state index in [9.17, 15) is 4.39 Å². The Morgan fingerprint density at radius 1 is 1.50 bits per heavy atom. The second-order valence-electron chi connectivity index (χ2n) is 2.80. The molecule has 1 aromatic rings. The van der Waals surface area contributed by atoms with Crippen molar-refractivity contribution in [2.75, 3.05) is 25.1 Å². The number of rotatable bonds is 6. The van der Waals surface area contributed by atoms with Crippen LogP contribution < -0.4 is 5.32 Å². The van der Waals surface area contributed by atoms with Crippen molar-refractivity contribution in [1.82, 2.24) is 0 Å². The molecule has 0 aliphatic rings. The third kappa shape index (κ3) is 4.05. The van der Waals surface area contributed by atoms with Gasteiger partial charge in [0, 0.05) is 12.2 Å². The molecular formula is C11H14FNO. The van der Waals surface area contributed by atoms with Crippen molar-refractivity contribution in [3.63, 3.8) is 0 Å². The Kier molecular flexibility index (Phi) is 4.72. The first-order valence-electron chi connectivity index (χ1n) is 4.51. The van der Waals surface area contributed by atoms with Crippen LogP contribution in [0.3, 0.4) is 0 Å². The van der Waals surface area contributed by atoms with Gasteiger partial charge in [-0.25, -0.2) is 4.39 Å². The van der Waals surface area contributed by atoms with Crippen LogP contribution in [0.2, 0.25) is 0 Å².